The maximum absolute atomic E-state index is 10.5. The highest BCUT2D eigenvalue weighted by Crippen LogP contribution is 2.58. The van der Waals surface area contributed by atoms with Crippen molar-refractivity contribution in [1.82, 2.24) is 0 Å². The molecule has 0 amide bonds. The van der Waals surface area contributed by atoms with Crippen molar-refractivity contribution < 1.29 is 33.9 Å². The second-order valence-electron chi connectivity index (χ2n) is 5.89. The molecule has 0 bridgehead atoms. The van der Waals surface area contributed by atoms with E-state index in [9.17, 15) is 10.2 Å². The zero-order chi connectivity index (χ0) is 16.4. The van der Waals surface area contributed by atoms with Crippen LogP contribution in [0.1, 0.15) is 23.1 Å². The SMILES string of the molecule is COc1c(O)cc2c(c1O)[C@H]1Oc3cc4c(cc3[C@H]1CO2)OCO4. The van der Waals surface area contributed by atoms with Gasteiger partial charge in [-0.15, -0.1) is 0 Å². The lowest BCUT2D eigenvalue weighted by Crippen LogP contribution is -2.23. The fourth-order valence-corrected chi connectivity index (χ4v) is 3.55. The highest BCUT2D eigenvalue weighted by molar-refractivity contribution is 5.64. The first-order valence-corrected chi connectivity index (χ1v) is 7.53. The van der Waals surface area contributed by atoms with Gasteiger partial charge in [-0.1, -0.05) is 0 Å². The Labute approximate surface area is 136 Å². The second kappa shape index (κ2) is 4.53. The predicted molar refractivity (Wildman–Crippen MR) is 80.5 cm³/mol. The molecule has 2 aromatic rings. The summed E-state index contributed by atoms with van der Waals surface area (Å²) in [7, 11) is 1.38. The van der Waals surface area contributed by atoms with Gasteiger partial charge in [0.25, 0.3) is 0 Å². The molecule has 3 aliphatic rings. The molecular weight excluding hydrogens is 316 g/mol. The third kappa shape index (κ3) is 1.61. The molecule has 0 radical (unpaired) electrons. The normalized spacial score (nSPS) is 22.0. The molecule has 0 saturated heterocycles. The maximum Gasteiger partial charge on any atom is 0.231 e. The molecular formula is C17H14O7. The minimum Gasteiger partial charge on any atom is -0.504 e. The fraction of sp³-hybridized carbons (Fsp3) is 0.294. The molecule has 7 heteroatoms. The molecule has 2 N–H and O–H groups in total. The summed E-state index contributed by atoms with van der Waals surface area (Å²) in [6, 6.07) is 5.12. The molecule has 24 heavy (non-hydrogen) atoms. The summed E-state index contributed by atoms with van der Waals surface area (Å²) in [6.45, 7) is 0.568. The molecule has 7 nitrogen and oxygen atoms in total. The van der Waals surface area contributed by atoms with E-state index in [1.54, 1.807) is 6.07 Å². The first kappa shape index (κ1) is 13.5. The van der Waals surface area contributed by atoms with E-state index >= 15 is 0 Å². The summed E-state index contributed by atoms with van der Waals surface area (Å²) in [5, 5.41) is 20.4. The smallest absolute Gasteiger partial charge is 0.231 e. The number of benzene rings is 2. The van der Waals surface area contributed by atoms with E-state index in [1.165, 1.54) is 13.2 Å². The minimum absolute atomic E-state index is 0.00622. The summed E-state index contributed by atoms with van der Waals surface area (Å²) in [6.07, 6.45) is -0.430. The van der Waals surface area contributed by atoms with Gasteiger partial charge in [-0.2, -0.15) is 0 Å². The van der Waals surface area contributed by atoms with Crippen molar-refractivity contribution in [3.05, 3.63) is 29.3 Å². The summed E-state index contributed by atoms with van der Waals surface area (Å²) in [5.41, 5.74) is 1.42. The van der Waals surface area contributed by atoms with Gasteiger partial charge in [-0.25, -0.2) is 0 Å². The van der Waals surface area contributed by atoms with Crippen LogP contribution in [0.4, 0.5) is 0 Å². The molecule has 124 valence electrons. The van der Waals surface area contributed by atoms with Crippen LogP contribution in [-0.4, -0.2) is 30.7 Å². The van der Waals surface area contributed by atoms with Crippen LogP contribution >= 0.6 is 0 Å². The van der Waals surface area contributed by atoms with Gasteiger partial charge in [0.15, 0.2) is 23.0 Å². The van der Waals surface area contributed by atoms with Crippen molar-refractivity contribution in [1.29, 1.82) is 0 Å². The molecule has 0 saturated carbocycles. The van der Waals surface area contributed by atoms with E-state index in [0.29, 0.717) is 35.2 Å². The highest BCUT2D eigenvalue weighted by atomic mass is 16.7. The monoisotopic (exact) mass is 330 g/mol. The van der Waals surface area contributed by atoms with Crippen molar-refractivity contribution in [2.45, 2.75) is 12.0 Å². The van der Waals surface area contributed by atoms with Crippen LogP contribution in [0.25, 0.3) is 0 Å². The molecule has 0 aliphatic carbocycles. The van der Waals surface area contributed by atoms with Crippen LogP contribution < -0.4 is 23.7 Å². The summed E-state index contributed by atoms with van der Waals surface area (Å²) in [5.74, 6) is 1.95. The molecule has 0 aromatic heterocycles. The number of phenols is 2. The number of aromatic hydroxyl groups is 2. The number of phenolic OH excluding ortho intramolecular Hbond substituents is 2. The third-order valence-corrected chi connectivity index (χ3v) is 4.67. The number of methoxy groups -OCH3 is 1. The van der Waals surface area contributed by atoms with Gasteiger partial charge in [-0.3, -0.25) is 0 Å². The van der Waals surface area contributed by atoms with Gasteiger partial charge >= 0.3 is 0 Å². The minimum atomic E-state index is -0.430. The van der Waals surface area contributed by atoms with E-state index in [4.69, 9.17) is 23.7 Å². The molecule has 0 unspecified atom stereocenters. The molecule has 3 heterocycles. The molecule has 3 aliphatic heterocycles. The Morgan fingerprint density at radius 2 is 1.79 bits per heavy atom. The van der Waals surface area contributed by atoms with Crippen LogP contribution in [0, 0.1) is 0 Å². The Morgan fingerprint density at radius 3 is 2.58 bits per heavy atom. The number of rotatable bonds is 1. The maximum atomic E-state index is 10.5. The Bertz CT molecular complexity index is 861. The van der Waals surface area contributed by atoms with E-state index < -0.39 is 6.10 Å². The Morgan fingerprint density at radius 1 is 1.00 bits per heavy atom. The van der Waals surface area contributed by atoms with Crippen LogP contribution in [0.15, 0.2) is 18.2 Å². The molecule has 0 spiro atoms. The van der Waals surface area contributed by atoms with Gasteiger partial charge in [0.1, 0.15) is 17.6 Å². The van der Waals surface area contributed by atoms with Gasteiger partial charge in [0, 0.05) is 17.7 Å². The lowest BCUT2D eigenvalue weighted by atomic mass is 9.88. The Balaban J connectivity index is 1.64. The van der Waals surface area contributed by atoms with E-state index in [0.717, 1.165) is 5.56 Å². The van der Waals surface area contributed by atoms with Crippen LogP contribution in [0.3, 0.4) is 0 Å². The van der Waals surface area contributed by atoms with Gasteiger partial charge in [0.2, 0.25) is 12.5 Å². The Hall–Kier alpha value is -2.96. The molecule has 0 fully saturated rings. The zero-order valence-corrected chi connectivity index (χ0v) is 12.7. The van der Waals surface area contributed by atoms with Crippen molar-refractivity contribution in [2.75, 3.05) is 20.5 Å². The third-order valence-electron chi connectivity index (χ3n) is 4.67. The van der Waals surface area contributed by atoms with Crippen LogP contribution in [0.5, 0.6) is 40.2 Å². The lowest BCUT2D eigenvalue weighted by molar-refractivity contribution is 0.133. The van der Waals surface area contributed by atoms with Crippen LogP contribution in [0.2, 0.25) is 0 Å². The number of fused-ring (bicyclic) bond motifs is 6. The molecule has 5 rings (SSSR count). The standard InChI is InChI=1S/C17H14O7/c1-20-17-9(18)3-13-14(15(17)19)16-8(5-21-13)7-2-11-12(23-6-22-11)4-10(7)24-16/h2-4,8,16,18-19H,5-6H2,1H3/t8-,16+/m1/s1. The molecule has 2 atom stereocenters. The van der Waals surface area contributed by atoms with E-state index in [-0.39, 0.29) is 30.0 Å². The predicted octanol–water partition coefficient (Wildman–Crippen LogP) is 2.44. The van der Waals surface area contributed by atoms with Gasteiger partial charge in [-0.05, 0) is 6.07 Å². The number of ether oxygens (including phenoxy) is 5. The number of hydrogen-bond donors (Lipinski definition) is 2. The van der Waals surface area contributed by atoms with Gasteiger partial charge < -0.3 is 33.9 Å². The summed E-state index contributed by atoms with van der Waals surface area (Å²) < 4.78 is 27.7. The average molecular weight is 330 g/mol. The first-order chi connectivity index (χ1) is 11.7. The second-order valence-corrected chi connectivity index (χ2v) is 5.89. The van der Waals surface area contributed by atoms with Crippen molar-refractivity contribution in [3.8, 4) is 40.2 Å². The van der Waals surface area contributed by atoms with Crippen LogP contribution in [-0.2, 0) is 0 Å². The molecule has 2 aromatic carbocycles. The van der Waals surface area contributed by atoms with E-state index in [2.05, 4.69) is 0 Å². The van der Waals surface area contributed by atoms with Crippen molar-refractivity contribution >= 4 is 0 Å². The topological polar surface area (TPSA) is 86.6 Å². The number of hydrogen-bond acceptors (Lipinski definition) is 7. The van der Waals surface area contributed by atoms with Crippen molar-refractivity contribution in [2.24, 2.45) is 0 Å². The largest absolute Gasteiger partial charge is 0.504 e. The average Bonchev–Trinajstić information content (AvgIpc) is 3.15. The first-order valence-electron chi connectivity index (χ1n) is 7.53. The zero-order valence-electron chi connectivity index (χ0n) is 12.7. The quantitative estimate of drug-likeness (QED) is 0.830. The lowest BCUT2D eigenvalue weighted by Gasteiger charge is -2.29. The summed E-state index contributed by atoms with van der Waals surface area (Å²) >= 11 is 0. The van der Waals surface area contributed by atoms with E-state index in [1.807, 2.05) is 6.07 Å². The highest BCUT2D eigenvalue weighted by Gasteiger charge is 2.44. The Kier molecular flexibility index (Phi) is 2.54. The fourth-order valence-electron chi connectivity index (χ4n) is 3.55. The van der Waals surface area contributed by atoms with Gasteiger partial charge in [0.05, 0.1) is 25.2 Å². The summed E-state index contributed by atoms with van der Waals surface area (Å²) in [4.78, 5) is 0. The van der Waals surface area contributed by atoms with Crippen molar-refractivity contribution in [3.63, 3.8) is 0 Å².